The molecule has 4 nitrogen and oxygen atoms in total. The predicted molar refractivity (Wildman–Crippen MR) is 127 cm³/mol. The molecule has 0 fully saturated rings. The Morgan fingerprint density at radius 3 is 1.39 bits per heavy atom. The zero-order chi connectivity index (χ0) is 22.7. The van der Waals surface area contributed by atoms with Crippen molar-refractivity contribution >= 4 is 30.8 Å². The van der Waals surface area contributed by atoms with Gasteiger partial charge in [-0.3, -0.25) is 0 Å². The van der Waals surface area contributed by atoms with Gasteiger partial charge in [0.05, 0.1) is 0 Å². The van der Waals surface area contributed by atoms with Crippen molar-refractivity contribution in [2.24, 2.45) is 0 Å². The van der Waals surface area contributed by atoms with E-state index in [1.807, 2.05) is 50.2 Å². The molecule has 0 aliphatic rings. The molecule has 0 radical (unpaired) electrons. The summed E-state index contributed by atoms with van der Waals surface area (Å²) in [7, 11) is 0. The average Bonchev–Trinajstić information content (AvgIpc) is 2.75. The van der Waals surface area contributed by atoms with Crippen LogP contribution < -0.4 is 0 Å². The summed E-state index contributed by atoms with van der Waals surface area (Å²) in [5, 5.41) is 0. The third-order valence-corrected chi connectivity index (χ3v) is 15.9. The number of hydrogen-bond acceptors (Lipinski definition) is 4. The van der Waals surface area contributed by atoms with Crippen LogP contribution in [0.15, 0.2) is 84.3 Å². The SMILES string of the molecule is CC[CH2][Sn]([CH2]CC)([O]/C(C)=C\C(=O)c1ccccc1)[O]/C(C)=C\C(=O)c1ccccc1. The van der Waals surface area contributed by atoms with E-state index in [0.717, 1.165) is 21.7 Å². The second kappa shape index (κ2) is 12.5. The van der Waals surface area contributed by atoms with Crippen molar-refractivity contribution in [3.8, 4) is 0 Å². The van der Waals surface area contributed by atoms with Crippen molar-refractivity contribution in [2.75, 3.05) is 0 Å². The minimum atomic E-state index is -3.60. The van der Waals surface area contributed by atoms with Gasteiger partial charge in [-0.05, 0) is 0 Å². The molecule has 2 rings (SSSR count). The number of ketones is 2. The van der Waals surface area contributed by atoms with Crippen LogP contribution in [0.5, 0.6) is 0 Å². The van der Waals surface area contributed by atoms with Crippen LogP contribution in [-0.4, -0.2) is 30.8 Å². The van der Waals surface area contributed by atoms with E-state index in [9.17, 15) is 9.59 Å². The van der Waals surface area contributed by atoms with Crippen LogP contribution >= 0.6 is 0 Å². The van der Waals surface area contributed by atoms with Gasteiger partial charge in [-0.25, -0.2) is 0 Å². The molecule has 0 heterocycles. The summed E-state index contributed by atoms with van der Waals surface area (Å²) >= 11 is -3.60. The number of benzene rings is 2. The van der Waals surface area contributed by atoms with Gasteiger partial charge in [-0.2, -0.15) is 0 Å². The molecule has 0 aromatic heterocycles. The molecule has 0 saturated heterocycles. The van der Waals surface area contributed by atoms with Gasteiger partial charge in [0.1, 0.15) is 0 Å². The van der Waals surface area contributed by atoms with E-state index < -0.39 is 19.2 Å². The summed E-state index contributed by atoms with van der Waals surface area (Å²) < 4.78 is 14.6. The molecule has 0 unspecified atom stereocenters. The van der Waals surface area contributed by atoms with E-state index in [2.05, 4.69) is 13.8 Å². The molecule has 0 saturated carbocycles. The van der Waals surface area contributed by atoms with Crippen molar-refractivity contribution in [3.63, 3.8) is 0 Å². The molecular weight excluding hydrogens is 495 g/mol. The first-order valence-electron chi connectivity index (χ1n) is 10.8. The monoisotopic (exact) mass is 528 g/mol. The molecule has 0 atom stereocenters. The molecule has 0 aliphatic heterocycles. The topological polar surface area (TPSA) is 52.6 Å². The summed E-state index contributed by atoms with van der Waals surface area (Å²) in [4.78, 5) is 25.1. The fourth-order valence-corrected chi connectivity index (χ4v) is 13.5. The Hall–Kier alpha value is -2.34. The summed E-state index contributed by atoms with van der Waals surface area (Å²) in [6.07, 6.45) is 4.94. The molecule has 0 N–H and O–H groups in total. The quantitative estimate of drug-likeness (QED) is 0.131. The van der Waals surface area contributed by atoms with Gasteiger partial charge in [0.2, 0.25) is 0 Å². The maximum atomic E-state index is 12.6. The van der Waals surface area contributed by atoms with Crippen LogP contribution in [0.2, 0.25) is 8.87 Å². The van der Waals surface area contributed by atoms with Crippen molar-refractivity contribution in [3.05, 3.63) is 95.5 Å². The number of carbonyl (C=O) groups is 2. The Kier molecular flexibility index (Phi) is 10.0. The molecule has 0 spiro atoms. The van der Waals surface area contributed by atoms with Gasteiger partial charge in [0.25, 0.3) is 0 Å². The fraction of sp³-hybridized carbons (Fsp3) is 0.308. The van der Waals surface area contributed by atoms with Crippen molar-refractivity contribution in [1.82, 2.24) is 0 Å². The Bertz CT molecular complexity index is 839. The van der Waals surface area contributed by atoms with Gasteiger partial charge in [-0.15, -0.1) is 0 Å². The summed E-state index contributed by atoms with van der Waals surface area (Å²) in [5.74, 6) is 0.984. The van der Waals surface area contributed by atoms with Gasteiger partial charge >= 0.3 is 191 Å². The van der Waals surface area contributed by atoms with E-state index in [1.54, 1.807) is 36.4 Å². The van der Waals surface area contributed by atoms with E-state index in [0.29, 0.717) is 22.6 Å². The predicted octanol–water partition coefficient (Wildman–Crippen LogP) is 6.86. The molecule has 0 aliphatic carbocycles. The number of allylic oxidation sites excluding steroid dienone is 4. The number of rotatable bonds is 12. The van der Waals surface area contributed by atoms with Gasteiger partial charge in [0, 0.05) is 0 Å². The molecule has 2 aromatic carbocycles. The van der Waals surface area contributed by atoms with Crippen LogP contribution in [0, 0.1) is 0 Å². The Labute approximate surface area is 190 Å². The normalized spacial score (nSPS) is 12.4. The first-order chi connectivity index (χ1) is 14.9. The third kappa shape index (κ3) is 8.02. The third-order valence-electron chi connectivity index (χ3n) is 4.74. The second-order valence-electron chi connectivity index (χ2n) is 7.59. The molecule has 5 heteroatoms. The molecule has 0 bridgehead atoms. The van der Waals surface area contributed by atoms with E-state index >= 15 is 0 Å². The first kappa shape index (κ1) is 24.9. The maximum absolute atomic E-state index is 12.6. The molecule has 164 valence electrons. The van der Waals surface area contributed by atoms with Crippen LogP contribution in [-0.2, 0) is 6.15 Å². The van der Waals surface area contributed by atoms with E-state index in [-0.39, 0.29) is 11.6 Å². The van der Waals surface area contributed by atoms with E-state index in [4.69, 9.17) is 6.15 Å². The van der Waals surface area contributed by atoms with E-state index in [1.165, 1.54) is 0 Å². The Balaban J connectivity index is 2.22. The molecule has 31 heavy (non-hydrogen) atoms. The summed E-state index contributed by atoms with van der Waals surface area (Å²) in [5.41, 5.74) is 1.25. The van der Waals surface area contributed by atoms with Crippen LogP contribution in [0.25, 0.3) is 0 Å². The Morgan fingerprint density at radius 2 is 1.06 bits per heavy atom. The standard InChI is InChI=1S/2C10H10O2.2C3H7.Sn/c2*1-8(11)7-10(12)9-5-3-2-4-6-9;2*1-3-2;/h2*2-7,11H,1H3;2*1,3H2,2H3;/q;;;;+2/p-2/b2*8-7-;;;. The van der Waals surface area contributed by atoms with Crippen LogP contribution in [0.4, 0.5) is 0 Å². The molecular formula is C26H32O4Sn. The summed E-state index contributed by atoms with van der Waals surface area (Å²) in [6, 6.07) is 18.3. The average molecular weight is 527 g/mol. The molecule has 2 aromatic rings. The number of carbonyl (C=O) groups excluding carboxylic acids is 2. The molecule has 0 amide bonds. The van der Waals surface area contributed by atoms with Crippen LogP contribution in [0.1, 0.15) is 61.3 Å². The zero-order valence-corrected chi connectivity index (χ0v) is 21.7. The van der Waals surface area contributed by atoms with Gasteiger partial charge < -0.3 is 0 Å². The van der Waals surface area contributed by atoms with Crippen molar-refractivity contribution < 1.29 is 15.7 Å². The van der Waals surface area contributed by atoms with Crippen molar-refractivity contribution in [1.29, 1.82) is 0 Å². The van der Waals surface area contributed by atoms with Crippen molar-refractivity contribution in [2.45, 2.75) is 49.4 Å². The van der Waals surface area contributed by atoms with Gasteiger partial charge in [-0.1, -0.05) is 0 Å². The van der Waals surface area contributed by atoms with Crippen LogP contribution in [0.3, 0.4) is 0 Å². The minimum absolute atomic E-state index is 0.0854. The fourth-order valence-electron chi connectivity index (χ4n) is 3.50. The second-order valence-corrected chi connectivity index (χ2v) is 16.8. The first-order valence-corrected chi connectivity index (χ1v) is 17.2. The Morgan fingerprint density at radius 1 is 0.710 bits per heavy atom. The zero-order valence-electron chi connectivity index (χ0n) is 18.9. The number of hydrogen-bond donors (Lipinski definition) is 0. The summed E-state index contributed by atoms with van der Waals surface area (Å²) in [6.45, 7) is 7.84. The van der Waals surface area contributed by atoms with Gasteiger partial charge in [0.15, 0.2) is 0 Å².